The number of aliphatic hydroxyl groups excluding tert-OH is 1. The molecular formula is C29H61N3O. The molecule has 0 amide bonds. The second-order valence-corrected chi connectivity index (χ2v) is 10.7. The molecule has 1 fully saturated rings. The van der Waals surface area contributed by atoms with Crippen molar-refractivity contribution < 1.29 is 5.11 Å². The van der Waals surface area contributed by atoms with Crippen molar-refractivity contribution >= 4 is 0 Å². The number of hydrogen-bond donors (Lipinski definition) is 1. The van der Waals surface area contributed by atoms with Crippen molar-refractivity contribution in [3.63, 3.8) is 0 Å². The van der Waals surface area contributed by atoms with Gasteiger partial charge >= 0.3 is 0 Å². The van der Waals surface area contributed by atoms with Gasteiger partial charge in [-0.05, 0) is 12.8 Å². The van der Waals surface area contributed by atoms with E-state index in [0.717, 1.165) is 26.6 Å². The van der Waals surface area contributed by atoms with Gasteiger partial charge in [-0.1, -0.05) is 129 Å². The standard InChI is InChI=1S/C29H61N3O/c1-3-5-7-9-11-13-15-17-19-21-23-30-27-31(29-32(28-30)25-26-33)24-22-20-18-16-14-12-10-8-6-4-2/h33H,3-29H2,1-2H3. The van der Waals surface area contributed by atoms with E-state index in [-0.39, 0.29) is 6.61 Å². The summed E-state index contributed by atoms with van der Waals surface area (Å²) < 4.78 is 0. The van der Waals surface area contributed by atoms with Gasteiger partial charge in [0.25, 0.3) is 0 Å². The van der Waals surface area contributed by atoms with Crippen molar-refractivity contribution in [2.45, 2.75) is 142 Å². The molecular weight excluding hydrogens is 406 g/mol. The zero-order chi connectivity index (χ0) is 23.8. The number of β-amino-alcohol motifs (C(OH)–C–C–N with tert-alkyl or cyclic N) is 1. The van der Waals surface area contributed by atoms with Gasteiger partial charge in [-0.25, -0.2) is 0 Å². The van der Waals surface area contributed by atoms with Gasteiger partial charge in [0.05, 0.1) is 26.6 Å². The number of rotatable bonds is 24. The molecule has 0 aromatic rings. The van der Waals surface area contributed by atoms with Gasteiger partial charge in [0, 0.05) is 19.6 Å². The first kappa shape index (κ1) is 30.9. The molecule has 4 nitrogen and oxygen atoms in total. The van der Waals surface area contributed by atoms with E-state index >= 15 is 0 Å². The predicted molar refractivity (Wildman–Crippen MR) is 145 cm³/mol. The summed E-state index contributed by atoms with van der Waals surface area (Å²) in [4.78, 5) is 7.65. The lowest BCUT2D eigenvalue weighted by atomic mass is 10.1. The van der Waals surface area contributed by atoms with E-state index in [9.17, 15) is 5.11 Å². The molecule has 0 atom stereocenters. The van der Waals surface area contributed by atoms with E-state index in [2.05, 4.69) is 28.5 Å². The Kier molecular flexibility index (Phi) is 22.1. The van der Waals surface area contributed by atoms with Crippen LogP contribution >= 0.6 is 0 Å². The monoisotopic (exact) mass is 467 g/mol. The van der Waals surface area contributed by atoms with E-state index in [4.69, 9.17) is 0 Å². The molecule has 0 saturated carbocycles. The largest absolute Gasteiger partial charge is 0.395 e. The van der Waals surface area contributed by atoms with Gasteiger partial charge in [-0.3, -0.25) is 14.7 Å². The lowest BCUT2D eigenvalue weighted by Gasteiger charge is -2.42. The van der Waals surface area contributed by atoms with Crippen LogP contribution < -0.4 is 0 Å². The van der Waals surface area contributed by atoms with Gasteiger partial charge in [-0.2, -0.15) is 0 Å². The van der Waals surface area contributed by atoms with Crippen LogP contribution in [0.3, 0.4) is 0 Å². The number of nitrogens with zero attached hydrogens (tertiary/aromatic N) is 3. The Morgan fingerprint density at radius 3 is 0.970 bits per heavy atom. The molecule has 0 aromatic carbocycles. The van der Waals surface area contributed by atoms with Crippen LogP contribution in [0.25, 0.3) is 0 Å². The maximum Gasteiger partial charge on any atom is 0.0559 e. The summed E-state index contributed by atoms with van der Waals surface area (Å²) in [5.74, 6) is 0. The molecule has 1 aliphatic rings. The predicted octanol–water partition coefficient (Wildman–Crippen LogP) is 7.61. The lowest BCUT2D eigenvalue weighted by Crippen LogP contribution is -2.55. The zero-order valence-electron chi connectivity index (χ0n) is 22.9. The van der Waals surface area contributed by atoms with Crippen LogP contribution in [0.4, 0.5) is 0 Å². The normalized spacial score (nSPS) is 16.1. The molecule has 198 valence electrons. The number of hydrogen-bond acceptors (Lipinski definition) is 4. The molecule has 1 rings (SSSR count). The highest BCUT2D eigenvalue weighted by molar-refractivity contribution is 4.70. The van der Waals surface area contributed by atoms with E-state index in [1.807, 2.05) is 0 Å². The second-order valence-electron chi connectivity index (χ2n) is 10.7. The van der Waals surface area contributed by atoms with Crippen LogP contribution in [0, 0.1) is 0 Å². The molecule has 1 heterocycles. The fourth-order valence-corrected chi connectivity index (χ4v) is 5.19. The van der Waals surface area contributed by atoms with Crippen LogP contribution in [0.5, 0.6) is 0 Å². The SMILES string of the molecule is CCCCCCCCCCCCN1CN(CCO)CN(CCCCCCCCCCCC)C1. The minimum absolute atomic E-state index is 0.276. The minimum atomic E-state index is 0.276. The smallest absolute Gasteiger partial charge is 0.0559 e. The molecule has 0 bridgehead atoms. The molecule has 1 N–H and O–H groups in total. The van der Waals surface area contributed by atoms with E-state index in [1.165, 1.54) is 142 Å². The van der Waals surface area contributed by atoms with Gasteiger partial charge in [0.1, 0.15) is 0 Å². The minimum Gasteiger partial charge on any atom is -0.395 e. The van der Waals surface area contributed by atoms with E-state index in [1.54, 1.807) is 0 Å². The van der Waals surface area contributed by atoms with Crippen molar-refractivity contribution in [2.24, 2.45) is 0 Å². The van der Waals surface area contributed by atoms with Gasteiger partial charge in [0.15, 0.2) is 0 Å². The zero-order valence-corrected chi connectivity index (χ0v) is 22.9. The summed E-state index contributed by atoms with van der Waals surface area (Å²) in [5, 5.41) is 9.44. The van der Waals surface area contributed by atoms with Crippen LogP contribution in [0.15, 0.2) is 0 Å². The Labute approximate surface area is 208 Å². The Bertz CT molecular complexity index is 361. The molecule has 33 heavy (non-hydrogen) atoms. The average molecular weight is 468 g/mol. The third-order valence-electron chi connectivity index (χ3n) is 7.27. The Morgan fingerprint density at radius 2 is 0.667 bits per heavy atom. The van der Waals surface area contributed by atoms with Crippen molar-refractivity contribution in [1.82, 2.24) is 14.7 Å². The summed E-state index contributed by atoms with van der Waals surface area (Å²) >= 11 is 0. The van der Waals surface area contributed by atoms with Crippen LogP contribution in [-0.4, -0.2) is 66.1 Å². The van der Waals surface area contributed by atoms with Crippen LogP contribution in [-0.2, 0) is 0 Å². The highest BCUT2D eigenvalue weighted by atomic mass is 16.3. The first-order valence-electron chi connectivity index (χ1n) is 15.1. The summed E-state index contributed by atoms with van der Waals surface area (Å²) in [6.45, 7) is 11.3. The quantitative estimate of drug-likeness (QED) is 0.148. The lowest BCUT2D eigenvalue weighted by molar-refractivity contribution is -0.0360. The average Bonchev–Trinajstić information content (AvgIpc) is 2.81. The van der Waals surface area contributed by atoms with Crippen molar-refractivity contribution in [3.05, 3.63) is 0 Å². The fourth-order valence-electron chi connectivity index (χ4n) is 5.19. The summed E-state index contributed by atoms with van der Waals surface area (Å²) in [6.07, 6.45) is 28.1. The van der Waals surface area contributed by atoms with Crippen LogP contribution in [0.1, 0.15) is 142 Å². The molecule has 0 spiro atoms. The maximum absolute atomic E-state index is 9.44. The molecule has 1 aliphatic heterocycles. The third-order valence-corrected chi connectivity index (χ3v) is 7.27. The second kappa shape index (κ2) is 23.6. The summed E-state index contributed by atoms with van der Waals surface area (Å²) in [6, 6.07) is 0. The van der Waals surface area contributed by atoms with E-state index < -0.39 is 0 Å². The first-order valence-corrected chi connectivity index (χ1v) is 15.1. The molecule has 0 unspecified atom stereocenters. The van der Waals surface area contributed by atoms with Gasteiger partial charge in [-0.15, -0.1) is 0 Å². The summed E-state index contributed by atoms with van der Waals surface area (Å²) in [5.41, 5.74) is 0. The van der Waals surface area contributed by atoms with Crippen molar-refractivity contribution in [3.8, 4) is 0 Å². The topological polar surface area (TPSA) is 30.0 Å². The maximum atomic E-state index is 9.44. The first-order chi connectivity index (χ1) is 16.3. The van der Waals surface area contributed by atoms with Gasteiger partial charge < -0.3 is 5.11 Å². The highest BCUT2D eigenvalue weighted by Crippen LogP contribution is 2.14. The van der Waals surface area contributed by atoms with E-state index in [0.29, 0.717) is 0 Å². The van der Waals surface area contributed by atoms with Crippen molar-refractivity contribution in [1.29, 1.82) is 0 Å². The third kappa shape index (κ3) is 18.8. The fraction of sp³-hybridized carbons (Fsp3) is 1.00. The summed E-state index contributed by atoms with van der Waals surface area (Å²) in [7, 11) is 0. The van der Waals surface area contributed by atoms with Crippen LogP contribution in [0.2, 0.25) is 0 Å². The molecule has 0 radical (unpaired) electrons. The van der Waals surface area contributed by atoms with Crippen molar-refractivity contribution in [2.75, 3.05) is 46.2 Å². The number of unbranched alkanes of at least 4 members (excludes halogenated alkanes) is 18. The molecule has 4 heteroatoms. The molecule has 1 saturated heterocycles. The van der Waals surface area contributed by atoms with Gasteiger partial charge in [0.2, 0.25) is 0 Å². The Balaban J connectivity index is 2.07. The number of aliphatic hydroxyl groups is 1. The molecule has 0 aromatic heterocycles. The highest BCUT2D eigenvalue weighted by Gasteiger charge is 2.22. The Morgan fingerprint density at radius 1 is 0.394 bits per heavy atom. The Hall–Kier alpha value is -0.160. The molecule has 0 aliphatic carbocycles.